The van der Waals surface area contributed by atoms with E-state index < -0.39 is 0 Å². The molecule has 0 bridgehead atoms. The van der Waals surface area contributed by atoms with Gasteiger partial charge >= 0.3 is 0 Å². The summed E-state index contributed by atoms with van der Waals surface area (Å²) < 4.78 is 0. The zero-order valence-corrected chi connectivity index (χ0v) is 11.0. The molecule has 1 fully saturated rings. The van der Waals surface area contributed by atoms with Crippen molar-refractivity contribution in [1.82, 2.24) is 9.80 Å². The van der Waals surface area contributed by atoms with Gasteiger partial charge in [-0.05, 0) is 19.3 Å². The third-order valence-electron chi connectivity index (χ3n) is 2.70. The van der Waals surface area contributed by atoms with Gasteiger partial charge < -0.3 is 15.5 Å². The van der Waals surface area contributed by atoms with Gasteiger partial charge in [0.2, 0.25) is 11.8 Å². The molecule has 0 aromatic carbocycles. The van der Waals surface area contributed by atoms with E-state index in [2.05, 4.69) is 0 Å². The lowest BCUT2D eigenvalue weighted by Gasteiger charge is -2.33. The summed E-state index contributed by atoms with van der Waals surface area (Å²) in [6.45, 7) is 3.61. The van der Waals surface area contributed by atoms with Gasteiger partial charge in [0.25, 0.3) is 0 Å². The van der Waals surface area contributed by atoms with Gasteiger partial charge in [-0.1, -0.05) is 19.1 Å². The number of carbonyl (C=O) groups excluding carboxylic acids is 2. The molecule has 0 aromatic rings. The molecule has 0 unspecified atom stereocenters. The molecule has 1 rings (SSSR count). The van der Waals surface area contributed by atoms with Gasteiger partial charge in [0.1, 0.15) is 0 Å². The van der Waals surface area contributed by atoms with E-state index in [0.29, 0.717) is 24.5 Å². The van der Waals surface area contributed by atoms with E-state index in [9.17, 15) is 9.59 Å². The molecule has 1 aliphatic heterocycles. The number of hydrogen-bond donors (Lipinski definition) is 1. The van der Waals surface area contributed by atoms with E-state index in [1.165, 1.54) is 0 Å². The lowest BCUT2D eigenvalue weighted by Crippen LogP contribution is -2.54. The lowest BCUT2D eigenvalue weighted by atomic mass is 10.2. The van der Waals surface area contributed by atoms with Crippen molar-refractivity contribution in [2.24, 2.45) is 5.73 Å². The van der Waals surface area contributed by atoms with Crippen LogP contribution in [0.3, 0.4) is 0 Å². The molecule has 0 saturated carbocycles. The van der Waals surface area contributed by atoms with Crippen LogP contribution in [0.5, 0.6) is 0 Å². The second-order valence-electron chi connectivity index (χ2n) is 4.20. The fourth-order valence-corrected chi connectivity index (χ4v) is 1.97. The number of nitrogens with zero attached hydrogens (tertiary/aromatic N) is 2. The summed E-state index contributed by atoms with van der Waals surface area (Å²) in [5.41, 5.74) is 5.38. The number of amides is 2. The molecule has 6 heteroatoms. The molecular weight excluding hydrogens is 238 g/mol. The fourth-order valence-electron chi connectivity index (χ4n) is 1.82. The molecule has 2 amide bonds. The number of rotatable bonds is 6. The van der Waals surface area contributed by atoms with E-state index in [4.69, 9.17) is 18.0 Å². The molecule has 0 aromatic heterocycles. The molecule has 0 spiro atoms. The summed E-state index contributed by atoms with van der Waals surface area (Å²) in [4.78, 5) is 27.1. The Morgan fingerprint density at radius 2 is 1.76 bits per heavy atom. The Labute approximate surface area is 107 Å². The van der Waals surface area contributed by atoms with Crippen molar-refractivity contribution in [3.8, 4) is 0 Å². The van der Waals surface area contributed by atoms with Crippen molar-refractivity contribution in [2.75, 3.05) is 26.2 Å². The summed E-state index contributed by atoms with van der Waals surface area (Å²) in [5, 5.41) is 0. The summed E-state index contributed by atoms with van der Waals surface area (Å²) in [6.07, 6.45) is 2.22. The quantitative estimate of drug-likeness (QED) is 0.687. The third-order valence-corrected chi connectivity index (χ3v) is 2.91. The predicted molar refractivity (Wildman–Crippen MR) is 69.5 cm³/mol. The van der Waals surface area contributed by atoms with Crippen molar-refractivity contribution < 1.29 is 9.59 Å². The smallest absolute Gasteiger partial charge is 0.242 e. The van der Waals surface area contributed by atoms with E-state index in [1.54, 1.807) is 9.80 Å². The number of piperazine rings is 1. The molecule has 17 heavy (non-hydrogen) atoms. The Bertz CT molecular complexity index is 320. The number of hydrogen-bond acceptors (Lipinski definition) is 3. The SMILES string of the molecule is CCCN1CC(=O)N(CCCC(N)=S)CC1=O. The molecule has 1 saturated heterocycles. The van der Waals surface area contributed by atoms with Crippen LogP contribution in [-0.2, 0) is 9.59 Å². The predicted octanol–water partition coefficient (Wildman–Crippen LogP) is 0.134. The van der Waals surface area contributed by atoms with E-state index in [-0.39, 0.29) is 24.9 Å². The van der Waals surface area contributed by atoms with E-state index >= 15 is 0 Å². The third kappa shape index (κ3) is 4.30. The first kappa shape index (κ1) is 13.9. The number of carbonyl (C=O) groups is 2. The van der Waals surface area contributed by atoms with Crippen LogP contribution in [0.2, 0.25) is 0 Å². The maximum atomic E-state index is 11.8. The minimum atomic E-state index is 0.0148. The highest BCUT2D eigenvalue weighted by molar-refractivity contribution is 7.80. The highest BCUT2D eigenvalue weighted by atomic mass is 32.1. The van der Waals surface area contributed by atoms with E-state index in [1.807, 2.05) is 6.92 Å². The minimum Gasteiger partial charge on any atom is -0.393 e. The van der Waals surface area contributed by atoms with Crippen LogP contribution < -0.4 is 5.73 Å². The summed E-state index contributed by atoms with van der Waals surface area (Å²) in [5.74, 6) is 0.0442. The van der Waals surface area contributed by atoms with Gasteiger partial charge in [0, 0.05) is 13.1 Å². The second-order valence-corrected chi connectivity index (χ2v) is 4.72. The highest BCUT2D eigenvalue weighted by Crippen LogP contribution is 2.07. The zero-order chi connectivity index (χ0) is 12.8. The van der Waals surface area contributed by atoms with Gasteiger partial charge in [-0.3, -0.25) is 9.59 Å². The van der Waals surface area contributed by atoms with Crippen LogP contribution >= 0.6 is 12.2 Å². The second kappa shape index (κ2) is 6.54. The Hall–Kier alpha value is -1.17. The molecular formula is C11H19N3O2S. The Balaban J connectivity index is 2.41. The van der Waals surface area contributed by atoms with Gasteiger partial charge in [-0.2, -0.15) is 0 Å². The normalized spacial score (nSPS) is 16.5. The van der Waals surface area contributed by atoms with Crippen molar-refractivity contribution in [3.05, 3.63) is 0 Å². The summed E-state index contributed by atoms with van der Waals surface area (Å²) in [7, 11) is 0. The fraction of sp³-hybridized carbons (Fsp3) is 0.727. The Morgan fingerprint density at radius 1 is 1.24 bits per heavy atom. The van der Waals surface area contributed by atoms with Gasteiger partial charge in [-0.15, -0.1) is 0 Å². The number of thiocarbonyl (C=S) groups is 1. The van der Waals surface area contributed by atoms with Crippen LogP contribution in [0.15, 0.2) is 0 Å². The van der Waals surface area contributed by atoms with Crippen molar-refractivity contribution >= 4 is 29.0 Å². The minimum absolute atomic E-state index is 0.0148. The molecule has 5 nitrogen and oxygen atoms in total. The number of nitrogens with two attached hydrogens (primary N) is 1. The topological polar surface area (TPSA) is 66.6 Å². The van der Waals surface area contributed by atoms with Crippen LogP contribution in [-0.4, -0.2) is 52.8 Å². The molecule has 0 aliphatic carbocycles. The Kier molecular flexibility index (Phi) is 5.34. The maximum Gasteiger partial charge on any atom is 0.242 e. The molecule has 2 N–H and O–H groups in total. The van der Waals surface area contributed by atoms with E-state index in [0.717, 1.165) is 12.8 Å². The molecule has 1 aliphatic rings. The molecule has 96 valence electrons. The zero-order valence-electron chi connectivity index (χ0n) is 10.1. The van der Waals surface area contributed by atoms with Crippen LogP contribution in [0, 0.1) is 0 Å². The van der Waals surface area contributed by atoms with Crippen molar-refractivity contribution in [2.45, 2.75) is 26.2 Å². The van der Waals surface area contributed by atoms with Gasteiger partial charge in [0.05, 0.1) is 18.1 Å². The average molecular weight is 257 g/mol. The largest absolute Gasteiger partial charge is 0.393 e. The van der Waals surface area contributed by atoms with Crippen LogP contribution in [0.4, 0.5) is 0 Å². The monoisotopic (exact) mass is 257 g/mol. The lowest BCUT2D eigenvalue weighted by molar-refractivity contribution is -0.150. The summed E-state index contributed by atoms with van der Waals surface area (Å²) in [6, 6.07) is 0. The van der Waals surface area contributed by atoms with Crippen LogP contribution in [0.1, 0.15) is 26.2 Å². The van der Waals surface area contributed by atoms with Crippen molar-refractivity contribution in [1.29, 1.82) is 0 Å². The molecule has 0 atom stereocenters. The molecule has 1 heterocycles. The summed E-state index contributed by atoms with van der Waals surface area (Å²) >= 11 is 4.77. The molecule has 0 radical (unpaired) electrons. The first-order valence-corrected chi connectivity index (χ1v) is 6.29. The first-order chi connectivity index (χ1) is 8.04. The van der Waals surface area contributed by atoms with Gasteiger partial charge in [0.15, 0.2) is 0 Å². The average Bonchev–Trinajstić information content (AvgIpc) is 2.24. The maximum absolute atomic E-state index is 11.8. The first-order valence-electron chi connectivity index (χ1n) is 5.88. The Morgan fingerprint density at radius 3 is 2.24 bits per heavy atom. The van der Waals surface area contributed by atoms with Crippen molar-refractivity contribution in [3.63, 3.8) is 0 Å². The standard InChI is InChI=1S/C11H19N3O2S/c1-2-5-13-7-11(16)14(8-10(13)15)6-3-4-9(12)17/h2-8H2,1H3,(H2,12,17). The van der Waals surface area contributed by atoms with Gasteiger partial charge in [-0.25, -0.2) is 0 Å². The highest BCUT2D eigenvalue weighted by Gasteiger charge is 2.28. The van der Waals surface area contributed by atoms with Crippen LogP contribution in [0.25, 0.3) is 0 Å².